The van der Waals surface area contributed by atoms with E-state index in [-0.39, 0.29) is 0 Å². The Balaban J connectivity index is 2.40. The molecule has 1 saturated heterocycles. The van der Waals surface area contributed by atoms with Gasteiger partial charge in [-0.2, -0.15) is 0 Å². The Morgan fingerprint density at radius 1 is 1.30 bits per heavy atom. The molecule has 1 aliphatic heterocycles. The number of aliphatic hydroxyl groups is 5. The number of hydrogen-bond acceptors (Lipinski definition) is 7. The van der Waals surface area contributed by atoms with Crippen molar-refractivity contribution < 1.29 is 40.2 Å². The van der Waals surface area contributed by atoms with Gasteiger partial charge in [0.15, 0.2) is 0 Å². The van der Waals surface area contributed by atoms with Gasteiger partial charge >= 0.3 is 5.97 Å². The first kappa shape index (κ1) is 17.8. The van der Waals surface area contributed by atoms with Crippen LogP contribution in [0.5, 0.6) is 0 Å². The van der Waals surface area contributed by atoms with Gasteiger partial charge in [0.05, 0.1) is 18.8 Å². The summed E-state index contributed by atoms with van der Waals surface area (Å²) in [5.74, 6) is -5.28. The van der Waals surface area contributed by atoms with E-state index < -0.39 is 55.1 Å². The number of carboxylic acids is 1. The number of carboxylic acid groups (broad SMARTS) is 1. The lowest BCUT2D eigenvalue weighted by Gasteiger charge is -2.44. The van der Waals surface area contributed by atoms with Crippen molar-refractivity contribution in [2.45, 2.75) is 42.5 Å². The third kappa shape index (κ3) is 3.52. The minimum absolute atomic E-state index is 0.543. The van der Waals surface area contributed by atoms with Crippen molar-refractivity contribution in [3.05, 3.63) is 35.9 Å². The van der Waals surface area contributed by atoms with E-state index in [1.54, 1.807) is 30.3 Å². The first-order valence-corrected chi connectivity index (χ1v) is 7.13. The molecule has 6 atom stereocenters. The normalized spacial score (nSPS) is 33.9. The third-order valence-corrected chi connectivity index (χ3v) is 4.02. The van der Waals surface area contributed by atoms with Crippen LogP contribution >= 0.6 is 0 Å². The second-order valence-electron chi connectivity index (χ2n) is 5.62. The molecular weight excluding hydrogens is 308 g/mol. The molecule has 1 aliphatic rings. The fraction of sp³-hybridized carbons (Fsp3) is 0.533. The Hall–Kier alpha value is -1.55. The molecule has 8 heteroatoms. The number of aliphatic carboxylic acids is 1. The molecule has 8 nitrogen and oxygen atoms in total. The van der Waals surface area contributed by atoms with Gasteiger partial charge in [-0.1, -0.05) is 30.3 Å². The molecular formula is C15H20O8. The van der Waals surface area contributed by atoms with Crippen LogP contribution in [0.3, 0.4) is 0 Å². The summed E-state index contributed by atoms with van der Waals surface area (Å²) in [5.41, 5.74) is 0.543. The number of rotatable bonds is 5. The van der Waals surface area contributed by atoms with Crippen molar-refractivity contribution in [1.82, 2.24) is 0 Å². The van der Waals surface area contributed by atoms with Crippen molar-refractivity contribution in [3.8, 4) is 0 Å². The zero-order valence-corrected chi connectivity index (χ0v) is 12.2. The highest BCUT2D eigenvalue weighted by atomic mass is 16.7. The standard InChI is InChI=1S/C15H20O8/c16-7-10(18)12(19)13-11(8-4-2-1-3-5-8)9(17)6-15(22,23-13)14(20)21/h1-5,9-13,16-19,22H,6-7H2,(H,20,21)/t9-,10?,11-,12?,13?,15+/m1/s1. The van der Waals surface area contributed by atoms with Crippen molar-refractivity contribution >= 4 is 5.97 Å². The lowest BCUT2D eigenvalue weighted by atomic mass is 9.79. The highest BCUT2D eigenvalue weighted by Gasteiger charge is 2.53. The van der Waals surface area contributed by atoms with Crippen LogP contribution in [-0.2, 0) is 9.53 Å². The van der Waals surface area contributed by atoms with E-state index in [0.717, 1.165) is 0 Å². The molecule has 6 N–H and O–H groups in total. The Kier molecular flexibility index (Phi) is 5.35. The summed E-state index contributed by atoms with van der Waals surface area (Å²) < 4.78 is 5.13. The summed E-state index contributed by atoms with van der Waals surface area (Å²) in [6, 6.07) is 8.40. The lowest BCUT2D eigenvalue weighted by Crippen LogP contribution is -2.59. The van der Waals surface area contributed by atoms with Crippen LogP contribution < -0.4 is 0 Å². The maximum atomic E-state index is 11.2. The van der Waals surface area contributed by atoms with Gasteiger partial charge < -0.3 is 35.4 Å². The lowest BCUT2D eigenvalue weighted by molar-refractivity contribution is -0.294. The van der Waals surface area contributed by atoms with Crippen LogP contribution in [0.4, 0.5) is 0 Å². The molecule has 1 fully saturated rings. The average Bonchev–Trinajstić information content (AvgIpc) is 2.53. The van der Waals surface area contributed by atoms with Gasteiger partial charge in [-0.15, -0.1) is 0 Å². The van der Waals surface area contributed by atoms with Crippen LogP contribution in [0.2, 0.25) is 0 Å². The van der Waals surface area contributed by atoms with Gasteiger partial charge in [0.2, 0.25) is 0 Å². The molecule has 0 aromatic heterocycles. The molecule has 0 spiro atoms. The fourth-order valence-corrected chi connectivity index (χ4v) is 2.81. The molecule has 0 saturated carbocycles. The summed E-state index contributed by atoms with van der Waals surface area (Å²) in [5, 5.41) is 58.2. The summed E-state index contributed by atoms with van der Waals surface area (Å²) in [6.45, 7) is -0.788. The predicted octanol–water partition coefficient (Wildman–Crippen LogP) is -1.59. The molecule has 3 unspecified atom stereocenters. The molecule has 128 valence electrons. The second-order valence-corrected chi connectivity index (χ2v) is 5.62. The Labute approximate surface area is 132 Å². The zero-order chi connectivity index (χ0) is 17.2. The number of benzene rings is 1. The first-order chi connectivity index (χ1) is 10.8. The number of hydrogen-bond donors (Lipinski definition) is 6. The van der Waals surface area contributed by atoms with Crippen LogP contribution in [0.15, 0.2) is 30.3 Å². The topological polar surface area (TPSA) is 148 Å². The quantitative estimate of drug-likeness (QED) is 0.379. The van der Waals surface area contributed by atoms with Gasteiger partial charge in [0.25, 0.3) is 5.79 Å². The van der Waals surface area contributed by atoms with Crippen molar-refractivity contribution in [2.75, 3.05) is 6.61 Å². The maximum absolute atomic E-state index is 11.2. The summed E-state index contributed by atoms with van der Waals surface area (Å²) in [4.78, 5) is 11.2. The van der Waals surface area contributed by atoms with Gasteiger partial charge in [-0.05, 0) is 5.56 Å². The average molecular weight is 328 g/mol. The van der Waals surface area contributed by atoms with E-state index in [9.17, 15) is 25.2 Å². The number of carbonyl (C=O) groups is 1. The van der Waals surface area contributed by atoms with Crippen molar-refractivity contribution in [2.24, 2.45) is 0 Å². The fourth-order valence-electron chi connectivity index (χ4n) is 2.81. The predicted molar refractivity (Wildman–Crippen MR) is 76.4 cm³/mol. The molecule has 1 heterocycles. The smallest absolute Gasteiger partial charge is 0.364 e. The Morgan fingerprint density at radius 2 is 1.91 bits per heavy atom. The van der Waals surface area contributed by atoms with E-state index in [0.29, 0.717) is 5.56 Å². The number of ether oxygens (including phenoxy) is 1. The molecule has 1 aromatic carbocycles. The largest absolute Gasteiger partial charge is 0.477 e. The monoisotopic (exact) mass is 328 g/mol. The second kappa shape index (κ2) is 6.91. The van der Waals surface area contributed by atoms with E-state index >= 15 is 0 Å². The van der Waals surface area contributed by atoms with E-state index in [1.807, 2.05) is 0 Å². The van der Waals surface area contributed by atoms with Gasteiger partial charge in [-0.3, -0.25) is 0 Å². The minimum atomic E-state index is -2.69. The molecule has 0 amide bonds. The van der Waals surface area contributed by atoms with Crippen LogP contribution in [0.1, 0.15) is 17.9 Å². The van der Waals surface area contributed by atoms with Crippen LogP contribution in [0, 0.1) is 0 Å². The van der Waals surface area contributed by atoms with E-state index in [2.05, 4.69) is 0 Å². The van der Waals surface area contributed by atoms with Gasteiger partial charge in [0, 0.05) is 12.3 Å². The summed E-state index contributed by atoms with van der Waals surface area (Å²) in [7, 11) is 0. The highest BCUT2D eigenvalue weighted by Crippen LogP contribution is 2.39. The van der Waals surface area contributed by atoms with E-state index in [1.165, 1.54) is 0 Å². The van der Waals surface area contributed by atoms with Crippen LogP contribution in [-0.4, -0.2) is 73.4 Å². The molecule has 0 aliphatic carbocycles. The van der Waals surface area contributed by atoms with Gasteiger partial charge in [0.1, 0.15) is 12.2 Å². The van der Waals surface area contributed by atoms with Gasteiger partial charge in [-0.25, -0.2) is 4.79 Å². The molecule has 0 bridgehead atoms. The third-order valence-electron chi connectivity index (χ3n) is 4.02. The zero-order valence-electron chi connectivity index (χ0n) is 12.2. The van der Waals surface area contributed by atoms with Crippen molar-refractivity contribution in [3.63, 3.8) is 0 Å². The van der Waals surface area contributed by atoms with E-state index in [4.69, 9.17) is 14.9 Å². The molecule has 1 aromatic rings. The van der Waals surface area contributed by atoms with Crippen molar-refractivity contribution in [1.29, 1.82) is 0 Å². The molecule has 2 rings (SSSR count). The Morgan fingerprint density at radius 3 is 2.43 bits per heavy atom. The summed E-state index contributed by atoms with van der Waals surface area (Å²) in [6.07, 6.45) is -6.68. The first-order valence-electron chi connectivity index (χ1n) is 7.13. The Bertz CT molecular complexity index is 536. The molecule has 23 heavy (non-hydrogen) atoms. The number of aliphatic hydroxyl groups excluding tert-OH is 4. The minimum Gasteiger partial charge on any atom is -0.477 e. The highest BCUT2D eigenvalue weighted by molar-refractivity contribution is 5.75. The van der Waals surface area contributed by atoms with Crippen LogP contribution in [0.25, 0.3) is 0 Å². The SMILES string of the molecule is O=C(O)[C@]1(O)C[C@@H](O)[C@@H](c2ccccc2)C(C(O)C(O)CO)O1. The summed E-state index contributed by atoms with van der Waals surface area (Å²) >= 11 is 0. The molecule has 0 radical (unpaired) electrons. The maximum Gasteiger partial charge on any atom is 0.364 e.